The molecule has 0 radical (unpaired) electrons. The van der Waals surface area contributed by atoms with Gasteiger partial charge in [0.2, 0.25) is 0 Å². The zero-order valence-corrected chi connectivity index (χ0v) is 16.8. The average molecular weight is 396 g/mol. The number of benzene rings is 2. The Morgan fingerprint density at radius 1 is 1.00 bits per heavy atom. The standard InChI is InChI=1S/C23H28N2O4/c1-2-6-18-9-11-20(12-10-18)28-17-22(26)24-19-13-15-25(16-14-19)23(27)29-21-7-4-3-5-8-21/h3-5,7-12,19H,2,6,13-17H2,1H3,(H,24,26). The molecule has 3 rings (SSSR count). The molecule has 1 N–H and O–H groups in total. The van der Waals surface area contributed by atoms with Gasteiger partial charge in [-0.2, -0.15) is 0 Å². The van der Waals surface area contributed by atoms with Crippen LogP contribution < -0.4 is 14.8 Å². The number of amides is 2. The first-order valence-electron chi connectivity index (χ1n) is 10.2. The fourth-order valence-corrected chi connectivity index (χ4v) is 3.32. The molecule has 6 heteroatoms. The van der Waals surface area contributed by atoms with Gasteiger partial charge in [-0.15, -0.1) is 0 Å². The number of nitrogens with one attached hydrogen (secondary N) is 1. The summed E-state index contributed by atoms with van der Waals surface area (Å²) in [5.41, 5.74) is 1.27. The summed E-state index contributed by atoms with van der Waals surface area (Å²) in [6.07, 6.45) is 3.18. The third-order valence-electron chi connectivity index (χ3n) is 4.90. The monoisotopic (exact) mass is 396 g/mol. The average Bonchev–Trinajstić information content (AvgIpc) is 2.75. The van der Waals surface area contributed by atoms with Gasteiger partial charge in [-0.25, -0.2) is 4.79 Å². The summed E-state index contributed by atoms with van der Waals surface area (Å²) >= 11 is 0. The number of piperidine rings is 1. The van der Waals surface area contributed by atoms with Crippen molar-refractivity contribution >= 4 is 12.0 Å². The van der Waals surface area contributed by atoms with Crippen LogP contribution in [0.25, 0.3) is 0 Å². The third kappa shape index (κ3) is 6.52. The van der Waals surface area contributed by atoms with Crippen LogP contribution in [0, 0.1) is 0 Å². The molecule has 2 amide bonds. The Hall–Kier alpha value is -3.02. The van der Waals surface area contributed by atoms with E-state index in [1.54, 1.807) is 17.0 Å². The van der Waals surface area contributed by atoms with Gasteiger partial charge in [0.15, 0.2) is 6.61 Å². The maximum atomic E-state index is 12.2. The highest BCUT2D eigenvalue weighted by Crippen LogP contribution is 2.16. The van der Waals surface area contributed by atoms with Crippen molar-refractivity contribution in [2.75, 3.05) is 19.7 Å². The quantitative estimate of drug-likeness (QED) is 0.773. The van der Waals surface area contributed by atoms with Crippen molar-refractivity contribution in [2.45, 2.75) is 38.6 Å². The van der Waals surface area contributed by atoms with E-state index in [2.05, 4.69) is 12.2 Å². The molecule has 1 aliphatic heterocycles. The lowest BCUT2D eigenvalue weighted by Gasteiger charge is -2.31. The second-order valence-electron chi connectivity index (χ2n) is 7.19. The van der Waals surface area contributed by atoms with Gasteiger partial charge in [0.1, 0.15) is 11.5 Å². The smallest absolute Gasteiger partial charge is 0.415 e. The lowest BCUT2D eigenvalue weighted by molar-refractivity contribution is -0.124. The molecule has 154 valence electrons. The van der Waals surface area contributed by atoms with E-state index >= 15 is 0 Å². The Balaban J connectivity index is 1.36. The number of carbonyl (C=O) groups excluding carboxylic acids is 2. The first kappa shape index (κ1) is 20.7. The van der Waals surface area contributed by atoms with Crippen molar-refractivity contribution in [3.05, 3.63) is 60.2 Å². The molecule has 2 aromatic rings. The van der Waals surface area contributed by atoms with Gasteiger partial charge in [-0.1, -0.05) is 43.7 Å². The first-order valence-corrected chi connectivity index (χ1v) is 10.2. The summed E-state index contributed by atoms with van der Waals surface area (Å²) < 4.78 is 10.9. The number of para-hydroxylation sites is 1. The van der Waals surface area contributed by atoms with Crippen molar-refractivity contribution in [1.82, 2.24) is 10.2 Å². The summed E-state index contributed by atoms with van der Waals surface area (Å²) in [6, 6.07) is 16.9. The van der Waals surface area contributed by atoms with Gasteiger partial charge < -0.3 is 19.7 Å². The van der Waals surface area contributed by atoms with E-state index in [9.17, 15) is 9.59 Å². The summed E-state index contributed by atoms with van der Waals surface area (Å²) in [4.78, 5) is 26.1. The number of likely N-dealkylation sites (tertiary alicyclic amines) is 1. The molecular formula is C23H28N2O4. The van der Waals surface area contributed by atoms with Crippen LogP contribution in [0.3, 0.4) is 0 Å². The van der Waals surface area contributed by atoms with Crippen LogP contribution in [0.15, 0.2) is 54.6 Å². The molecule has 0 unspecified atom stereocenters. The summed E-state index contributed by atoms with van der Waals surface area (Å²) in [6.45, 7) is 3.24. The molecule has 1 heterocycles. The highest BCUT2D eigenvalue weighted by molar-refractivity contribution is 5.78. The van der Waals surface area contributed by atoms with Gasteiger partial charge in [-0.05, 0) is 49.1 Å². The predicted octanol–water partition coefficient (Wildman–Crippen LogP) is 3.80. The Morgan fingerprint density at radius 2 is 1.69 bits per heavy atom. The van der Waals surface area contributed by atoms with Gasteiger partial charge in [0.05, 0.1) is 0 Å². The van der Waals surface area contributed by atoms with E-state index in [1.807, 2.05) is 42.5 Å². The minimum absolute atomic E-state index is 0.0105. The molecular weight excluding hydrogens is 368 g/mol. The number of hydrogen-bond donors (Lipinski definition) is 1. The van der Waals surface area contributed by atoms with Gasteiger partial charge in [0.25, 0.3) is 5.91 Å². The maximum Gasteiger partial charge on any atom is 0.415 e. The van der Waals surface area contributed by atoms with E-state index in [0.717, 1.165) is 12.8 Å². The maximum absolute atomic E-state index is 12.2. The molecule has 29 heavy (non-hydrogen) atoms. The van der Waals surface area contributed by atoms with Crippen LogP contribution in [0.2, 0.25) is 0 Å². The highest BCUT2D eigenvalue weighted by Gasteiger charge is 2.25. The van der Waals surface area contributed by atoms with Crippen molar-refractivity contribution < 1.29 is 19.1 Å². The number of rotatable bonds is 7. The number of carbonyl (C=O) groups is 2. The molecule has 0 spiro atoms. The number of ether oxygens (including phenoxy) is 2. The van der Waals surface area contributed by atoms with Crippen LogP contribution in [0.1, 0.15) is 31.7 Å². The normalized spacial score (nSPS) is 14.3. The predicted molar refractivity (Wildman–Crippen MR) is 111 cm³/mol. The topological polar surface area (TPSA) is 67.9 Å². The number of aryl methyl sites for hydroxylation is 1. The van der Waals surface area contributed by atoms with Crippen molar-refractivity contribution in [1.29, 1.82) is 0 Å². The summed E-state index contributed by atoms with van der Waals surface area (Å²) in [5.74, 6) is 1.08. The van der Waals surface area contributed by atoms with Crippen molar-refractivity contribution in [2.24, 2.45) is 0 Å². The van der Waals surface area contributed by atoms with E-state index in [4.69, 9.17) is 9.47 Å². The summed E-state index contributed by atoms with van der Waals surface area (Å²) in [5, 5.41) is 2.99. The Labute approximate surface area is 171 Å². The van der Waals surface area contributed by atoms with E-state index < -0.39 is 0 Å². The fraction of sp³-hybridized carbons (Fsp3) is 0.391. The van der Waals surface area contributed by atoms with Gasteiger partial charge in [0, 0.05) is 19.1 Å². The van der Waals surface area contributed by atoms with E-state index in [0.29, 0.717) is 37.4 Å². The van der Waals surface area contributed by atoms with E-state index in [-0.39, 0.29) is 24.6 Å². The largest absolute Gasteiger partial charge is 0.484 e. The number of hydrogen-bond acceptors (Lipinski definition) is 4. The Kier molecular flexibility index (Phi) is 7.50. The Bertz CT molecular complexity index is 784. The second-order valence-corrected chi connectivity index (χ2v) is 7.19. The molecule has 2 aromatic carbocycles. The number of nitrogens with zero attached hydrogens (tertiary/aromatic N) is 1. The SMILES string of the molecule is CCCc1ccc(OCC(=O)NC2CCN(C(=O)Oc3ccccc3)CC2)cc1. The summed E-state index contributed by atoms with van der Waals surface area (Å²) in [7, 11) is 0. The molecule has 0 bridgehead atoms. The molecule has 0 saturated carbocycles. The second kappa shape index (κ2) is 10.5. The molecule has 0 aromatic heterocycles. The molecule has 0 aliphatic carbocycles. The van der Waals surface area contributed by atoms with Crippen LogP contribution in [0.5, 0.6) is 11.5 Å². The zero-order valence-electron chi connectivity index (χ0n) is 16.8. The van der Waals surface area contributed by atoms with Crippen LogP contribution >= 0.6 is 0 Å². The van der Waals surface area contributed by atoms with Gasteiger partial charge >= 0.3 is 6.09 Å². The van der Waals surface area contributed by atoms with Gasteiger partial charge in [-0.3, -0.25) is 4.79 Å². The fourth-order valence-electron chi connectivity index (χ4n) is 3.32. The lowest BCUT2D eigenvalue weighted by atomic mass is 10.1. The molecule has 1 saturated heterocycles. The molecule has 1 fully saturated rings. The van der Waals surface area contributed by atoms with Crippen LogP contribution in [-0.4, -0.2) is 42.6 Å². The molecule has 1 aliphatic rings. The van der Waals surface area contributed by atoms with Crippen molar-refractivity contribution in [3.63, 3.8) is 0 Å². The van der Waals surface area contributed by atoms with Crippen LogP contribution in [-0.2, 0) is 11.2 Å². The van der Waals surface area contributed by atoms with Crippen LogP contribution in [0.4, 0.5) is 4.79 Å². The van der Waals surface area contributed by atoms with Crippen molar-refractivity contribution in [3.8, 4) is 11.5 Å². The third-order valence-corrected chi connectivity index (χ3v) is 4.90. The first-order chi connectivity index (χ1) is 14.1. The highest BCUT2D eigenvalue weighted by atomic mass is 16.6. The lowest BCUT2D eigenvalue weighted by Crippen LogP contribution is -2.48. The zero-order chi connectivity index (χ0) is 20.5. The molecule has 0 atom stereocenters. The minimum Gasteiger partial charge on any atom is -0.484 e. The molecule has 6 nitrogen and oxygen atoms in total. The Morgan fingerprint density at radius 3 is 2.34 bits per heavy atom. The minimum atomic E-state index is -0.351. The van der Waals surface area contributed by atoms with E-state index in [1.165, 1.54) is 5.56 Å².